The Morgan fingerprint density at radius 3 is 2.50 bits per heavy atom. The maximum Gasteiger partial charge on any atom is 0.251 e. The summed E-state index contributed by atoms with van der Waals surface area (Å²) in [7, 11) is 3.21. The van der Waals surface area contributed by atoms with E-state index >= 15 is 0 Å². The van der Waals surface area contributed by atoms with Crippen molar-refractivity contribution in [2.75, 3.05) is 33.9 Å². The van der Waals surface area contributed by atoms with Crippen LogP contribution in [-0.2, 0) is 16.1 Å². The van der Waals surface area contributed by atoms with Crippen LogP contribution in [0.4, 0.5) is 0 Å². The summed E-state index contributed by atoms with van der Waals surface area (Å²) in [6, 6.07) is 7.11. The minimum Gasteiger partial charge on any atom is -0.383 e. The molecule has 110 valence electrons. The Morgan fingerprint density at radius 1 is 1.20 bits per heavy atom. The van der Waals surface area contributed by atoms with Gasteiger partial charge in [-0.15, -0.1) is 0 Å². The van der Waals surface area contributed by atoms with Crippen LogP contribution in [0.2, 0.25) is 0 Å². The molecule has 1 rings (SSSR count). The van der Waals surface area contributed by atoms with E-state index in [1.54, 1.807) is 26.3 Å². The van der Waals surface area contributed by atoms with Crippen molar-refractivity contribution in [2.45, 2.75) is 6.54 Å². The first-order valence-electron chi connectivity index (χ1n) is 6.44. The van der Waals surface area contributed by atoms with Crippen molar-refractivity contribution >= 4 is 11.8 Å². The summed E-state index contributed by atoms with van der Waals surface area (Å²) in [4.78, 5) is 22.9. The zero-order chi connectivity index (χ0) is 14.8. The van der Waals surface area contributed by atoms with Crippen LogP contribution >= 0.6 is 0 Å². The lowest BCUT2D eigenvalue weighted by atomic mass is 10.1. The van der Waals surface area contributed by atoms with Crippen molar-refractivity contribution in [1.82, 2.24) is 16.0 Å². The van der Waals surface area contributed by atoms with Crippen LogP contribution in [-0.4, -0.2) is 45.7 Å². The lowest BCUT2D eigenvalue weighted by Crippen LogP contribution is -2.34. The van der Waals surface area contributed by atoms with E-state index in [9.17, 15) is 9.59 Å². The molecule has 0 atom stereocenters. The standard InChI is InChI=1S/C14H21N3O3/c1-15-14(19)12-5-3-11(4-6-12)9-17-13(18)10-16-7-8-20-2/h3-6,16H,7-10H2,1-2H3,(H,15,19)(H,17,18). The molecule has 0 spiro atoms. The Bertz CT molecular complexity index is 432. The number of rotatable bonds is 8. The molecule has 0 fully saturated rings. The summed E-state index contributed by atoms with van der Waals surface area (Å²) < 4.78 is 4.87. The van der Waals surface area contributed by atoms with Crippen molar-refractivity contribution in [3.8, 4) is 0 Å². The van der Waals surface area contributed by atoms with Gasteiger partial charge in [-0.1, -0.05) is 12.1 Å². The van der Waals surface area contributed by atoms with Gasteiger partial charge in [-0.3, -0.25) is 9.59 Å². The molecule has 6 heteroatoms. The third kappa shape index (κ3) is 5.81. The molecular formula is C14H21N3O3. The molecule has 0 saturated carbocycles. The SMILES string of the molecule is CNC(=O)c1ccc(CNC(=O)CNCCOC)cc1. The molecule has 0 aliphatic carbocycles. The number of methoxy groups -OCH3 is 1. The highest BCUT2D eigenvalue weighted by atomic mass is 16.5. The molecule has 20 heavy (non-hydrogen) atoms. The van der Waals surface area contributed by atoms with Gasteiger partial charge in [0.25, 0.3) is 5.91 Å². The van der Waals surface area contributed by atoms with E-state index in [-0.39, 0.29) is 18.4 Å². The van der Waals surface area contributed by atoms with Gasteiger partial charge in [-0.2, -0.15) is 0 Å². The van der Waals surface area contributed by atoms with Crippen LogP contribution in [0.15, 0.2) is 24.3 Å². The highest BCUT2D eigenvalue weighted by molar-refractivity contribution is 5.93. The zero-order valence-electron chi connectivity index (χ0n) is 11.9. The minimum absolute atomic E-state index is 0.0727. The van der Waals surface area contributed by atoms with Gasteiger partial charge in [0, 0.05) is 32.8 Å². The molecule has 0 saturated heterocycles. The van der Waals surface area contributed by atoms with Gasteiger partial charge >= 0.3 is 0 Å². The zero-order valence-corrected chi connectivity index (χ0v) is 11.9. The summed E-state index contributed by atoms with van der Waals surface area (Å²) in [5.41, 5.74) is 1.55. The molecule has 2 amide bonds. The first-order valence-corrected chi connectivity index (χ1v) is 6.44. The van der Waals surface area contributed by atoms with Gasteiger partial charge < -0.3 is 20.7 Å². The van der Waals surface area contributed by atoms with Crippen molar-refractivity contribution in [3.63, 3.8) is 0 Å². The molecule has 3 N–H and O–H groups in total. The van der Waals surface area contributed by atoms with E-state index in [0.29, 0.717) is 25.3 Å². The first-order chi connectivity index (χ1) is 9.67. The normalized spacial score (nSPS) is 10.1. The molecule has 0 aliphatic heterocycles. The molecule has 0 radical (unpaired) electrons. The number of amides is 2. The molecule has 0 heterocycles. The lowest BCUT2D eigenvalue weighted by molar-refractivity contribution is -0.120. The summed E-state index contributed by atoms with van der Waals surface area (Å²) in [6.07, 6.45) is 0. The van der Waals surface area contributed by atoms with Crippen molar-refractivity contribution in [2.24, 2.45) is 0 Å². The predicted octanol–water partition coefficient (Wildman–Crippen LogP) is -0.102. The van der Waals surface area contributed by atoms with E-state index in [4.69, 9.17) is 4.74 Å². The monoisotopic (exact) mass is 279 g/mol. The van der Waals surface area contributed by atoms with Crippen LogP contribution in [0.25, 0.3) is 0 Å². The molecule has 0 aromatic heterocycles. The highest BCUT2D eigenvalue weighted by Crippen LogP contribution is 2.04. The average Bonchev–Trinajstić information content (AvgIpc) is 2.49. The number of ether oxygens (including phenoxy) is 1. The van der Waals surface area contributed by atoms with Crippen LogP contribution in [0.5, 0.6) is 0 Å². The number of hydrogen-bond donors (Lipinski definition) is 3. The molecular weight excluding hydrogens is 258 g/mol. The maximum atomic E-state index is 11.5. The van der Waals surface area contributed by atoms with Gasteiger partial charge in [0.2, 0.25) is 5.91 Å². The van der Waals surface area contributed by atoms with Crippen LogP contribution < -0.4 is 16.0 Å². The second-order valence-electron chi connectivity index (χ2n) is 4.22. The Balaban J connectivity index is 2.31. The van der Waals surface area contributed by atoms with Crippen LogP contribution in [0, 0.1) is 0 Å². The largest absolute Gasteiger partial charge is 0.383 e. The van der Waals surface area contributed by atoms with Gasteiger partial charge in [-0.05, 0) is 17.7 Å². The Morgan fingerprint density at radius 2 is 1.90 bits per heavy atom. The van der Waals surface area contributed by atoms with E-state index in [2.05, 4.69) is 16.0 Å². The summed E-state index contributed by atoms with van der Waals surface area (Å²) >= 11 is 0. The fourth-order valence-electron chi connectivity index (χ4n) is 1.56. The molecule has 6 nitrogen and oxygen atoms in total. The fraction of sp³-hybridized carbons (Fsp3) is 0.429. The molecule has 1 aromatic rings. The Kier molecular flexibility index (Phi) is 7.31. The van der Waals surface area contributed by atoms with Gasteiger partial charge in [0.1, 0.15) is 0 Å². The summed E-state index contributed by atoms with van der Waals surface area (Å²) in [6.45, 7) is 1.93. The van der Waals surface area contributed by atoms with Crippen molar-refractivity contribution in [3.05, 3.63) is 35.4 Å². The van der Waals surface area contributed by atoms with Crippen LogP contribution in [0.1, 0.15) is 15.9 Å². The summed E-state index contributed by atoms with van der Waals surface area (Å²) in [5, 5.41) is 8.32. The first kappa shape index (κ1) is 16.1. The number of nitrogens with one attached hydrogen (secondary N) is 3. The number of carbonyl (C=O) groups is 2. The fourth-order valence-corrected chi connectivity index (χ4v) is 1.56. The van der Waals surface area contributed by atoms with Crippen molar-refractivity contribution < 1.29 is 14.3 Å². The third-order valence-electron chi connectivity index (χ3n) is 2.70. The molecule has 0 unspecified atom stereocenters. The van der Waals surface area contributed by atoms with Gasteiger partial charge in [0.05, 0.1) is 13.2 Å². The van der Waals surface area contributed by atoms with E-state index < -0.39 is 0 Å². The highest BCUT2D eigenvalue weighted by Gasteiger charge is 2.03. The Labute approximate surface area is 118 Å². The molecule has 1 aromatic carbocycles. The molecule has 0 bridgehead atoms. The lowest BCUT2D eigenvalue weighted by Gasteiger charge is -2.07. The minimum atomic E-state index is -0.122. The second kappa shape index (κ2) is 9.06. The van der Waals surface area contributed by atoms with E-state index in [1.165, 1.54) is 0 Å². The smallest absolute Gasteiger partial charge is 0.251 e. The maximum absolute atomic E-state index is 11.5. The Hall–Kier alpha value is -1.92. The number of carbonyl (C=O) groups excluding carboxylic acids is 2. The van der Waals surface area contributed by atoms with Crippen LogP contribution in [0.3, 0.4) is 0 Å². The molecule has 0 aliphatic rings. The quantitative estimate of drug-likeness (QED) is 0.581. The van der Waals surface area contributed by atoms with Gasteiger partial charge in [-0.25, -0.2) is 0 Å². The van der Waals surface area contributed by atoms with E-state index in [1.807, 2.05) is 12.1 Å². The summed E-state index contributed by atoms with van der Waals surface area (Å²) in [5.74, 6) is -0.195. The third-order valence-corrected chi connectivity index (χ3v) is 2.70. The topological polar surface area (TPSA) is 79.5 Å². The second-order valence-corrected chi connectivity index (χ2v) is 4.22. The average molecular weight is 279 g/mol. The van der Waals surface area contributed by atoms with Crippen molar-refractivity contribution in [1.29, 1.82) is 0 Å². The number of benzene rings is 1. The van der Waals surface area contributed by atoms with Gasteiger partial charge in [0.15, 0.2) is 0 Å². The number of hydrogen-bond acceptors (Lipinski definition) is 4. The predicted molar refractivity (Wildman–Crippen MR) is 76.4 cm³/mol. The van der Waals surface area contributed by atoms with E-state index in [0.717, 1.165) is 5.56 Å².